The number of carbonyl (C=O) groups is 3. The van der Waals surface area contributed by atoms with Crippen LogP contribution in [0.25, 0.3) is 0 Å². The molecule has 11 nitrogen and oxygen atoms in total. The molecule has 0 aliphatic carbocycles. The van der Waals surface area contributed by atoms with Crippen LogP contribution in [0.5, 0.6) is 5.75 Å². The molecular formula is C23H22N6O5. The predicted molar refractivity (Wildman–Crippen MR) is 124 cm³/mol. The van der Waals surface area contributed by atoms with E-state index in [1.54, 1.807) is 61.5 Å². The van der Waals surface area contributed by atoms with Crippen molar-refractivity contribution in [3.05, 3.63) is 72.3 Å². The van der Waals surface area contributed by atoms with Gasteiger partial charge in [-0.15, -0.1) is 10.2 Å². The van der Waals surface area contributed by atoms with Crippen LogP contribution in [0.1, 0.15) is 17.3 Å². The lowest BCUT2D eigenvalue weighted by Gasteiger charge is -2.08. The summed E-state index contributed by atoms with van der Waals surface area (Å²) in [5, 5.41) is 13.2. The molecule has 1 heterocycles. The molecule has 0 saturated heterocycles. The van der Waals surface area contributed by atoms with Crippen LogP contribution in [0.4, 0.5) is 27.8 Å². The minimum Gasteiger partial charge on any atom is -0.434 e. The van der Waals surface area contributed by atoms with Gasteiger partial charge < -0.3 is 25.8 Å². The zero-order valence-corrected chi connectivity index (χ0v) is 18.2. The third kappa shape index (κ3) is 6.85. The van der Waals surface area contributed by atoms with E-state index in [1.807, 2.05) is 0 Å². The van der Waals surface area contributed by atoms with E-state index in [-0.39, 0.29) is 47.8 Å². The summed E-state index contributed by atoms with van der Waals surface area (Å²) in [6.07, 6.45) is -0.855. The molecule has 0 unspecified atom stereocenters. The molecule has 0 atom stereocenters. The number of hydrogen-bond donors (Lipinski definition) is 3. The lowest BCUT2D eigenvalue weighted by Crippen LogP contribution is -2.33. The van der Waals surface area contributed by atoms with Gasteiger partial charge in [-0.05, 0) is 43.3 Å². The predicted octanol–water partition coefficient (Wildman–Crippen LogP) is 3.98. The SMILES string of the molecule is CCOC(=O)Oc1ccccc1N=Nc1ccc(NC(=O)CNC(=O)c2ccccc2)nc1N. The van der Waals surface area contributed by atoms with E-state index in [2.05, 4.69) is 25.8 Å². The molecule has 34 heavy (non-hydrogen) atoms. The van der Waals surface area contributed by atoms with E-state index in [4.69, 9.17) is 15.2 Å². The largest absolute Gasteiger partial charge is 0.513 e. The Morgan fingerprint density at radius 3 is 2.38 bits per heavy atom. The molecule has 0 fully saturated rings. The first-order chi connectivity index (χ1) is 16.5. The molecular weight excluding hydrogens is 440 g/mol. The number of rotatable bonds is 8. The molecule has 2 amide bonds. The molecule has 11 heteroatoms. The van der Waals surface area contributed by atoms with Crippen molar-refractivity contribution >= 4 is 41.0 Å². The first kappa shape index (κ1) is 23.9. The Bertz CT molecular complexity index is 1200. The second-order valence-electron chi connectivity index (χ2n) is 6.65. The number of para-hydroxylation sites is 1. The Balaban J connectivity index is 1.60. The maximum absolute atomic E-state index is 12.1. The highest BCUT2D eigenvalue weighted by Gasteiger charge is 2.11. The molecule has 3 rings (SSSR count). The molecule has 3 aromatic rings. The van der Waals surface area contributed by atoms with Gasteiger partial charge in [0.25, 0.3) is 5.91 Å². The highest BCUT2D eigenvalue weighted by molar-refractivity contribution is 5.99. The number of amides is 2. The topological polar surface area (TPSA) is 157 Å². The molecule has 0 saturated carbocycles. The van der Waals surface area contributed by atoms with E-state index in [1.165, 1.54) is 12.1 Å². The zero-order chi connectivity index (χ0) is 24.3. The number of benzene rings is 2. The first-order valence-electron chi connectivity index (χ1n) is 10.2. The van der Waals surface area contributed by atoms with Crippen molar-refractivity contribution in [3.63, 3.8) is 0 Å². The van der Waals surface area contributed by atoms with Crippen molar-refractivity contribution in [2.45, 2.75) is 6.92 Å². The van der Waals surface area contributed by atoms with Crippen LogP contribution in [0.15, 0.2) is 77.0 Å². The molecule has 2 aromatic carbocycles. The fourth-order valence-corrected chi connectivity index (χ4v) is 2.63. The maximum Gasteiger partial charge on any atom is 0.513 e. The molecule has 0 radical (unpaired) electrons. The van der Waals surface area contributed by atoms with Gasteiger partial charge in [0.2, 0.25) is 5.91 Å². The van der Waals surface area contributed by atoms with Crippen LogP contribution in [0.3, 0.4) is 0 Å². The number of azo groups is 1. The quantitative estimate of drug-likeness (QED) is 0.259. The Labute approximate surface area is 195 Å². The number of aromatic nitrogens is 1. The molecule has 0 aliphatic rings. The lowest BCUT2D eigenvalue weighted by atomic mass is 10.2. The van der Waals surface area contributed by atoms with Crippen molar-refractivity contribution in [1.82, 2.24) is 10.3 Å². The summed E-state index contributed by atoms with van der Waals surface area (Å²) in [5.74, 6) is -0.486. The normalized spacial score (nSPS) is 10.5. The highest BCUT2D eigenvalue weighted by Crippen LogP contribution is 2.30. The van der Waals surface area contributed by atoms with Crippen LogP contribution in [-0.4, -0.2) is 36.1 Å². The van der Waals surface area contributed by atoms with Crippen LogP contribution in [0, 0.1) is 0 Å². The standard InChI is InChI=1S/C23H22N6O5/c1-2-33-23(32)34-18-11-7-6-10-16(18)28-29-17-12-13-19(27-21(17)24)26-20(30)14-25-22(31)15-8-4-3-5-9-15/h3-13H,2,14H2,1H3,(H,25,31)(H3,24,26,27,30). The third-order valence-corrected chi connectivity index (χ3v) is 4.20. The van der Waals surface area contributed by atoms with Gasteiger partial charge in [-0.25, -0.2) is 9.78 Å². The second-order valence-corrected chi connectivity index (χ2v) is 6.65. The van der Waals surface area contributed by atoms with Gasteiger partial charge in [0, 0.05) is 5.56 Å². The summed E-state index contributed by atoms with van der Waals surface area (Å²) in [4.78, 5) is 39.8. The third-order valence-electron chi connectivity index (χ3n) is 4.20. The average molecular weight is 462 g/mol. The second kappa shape index (κ2) is 11.7. The van der Waals surface area contributed by atoms with Gasteiger partial charge >= 0.3 is 6.16 Å². The highest BCUT2D eigenvalue weighted by atomic mass is 16.7. The Kier molecular flexibility index (Phi) is 8.22. The van der Waals surface area contributed by atoms with Crippen molar-refractivity contribution < 1.29 is 23.9 Å². The van der Waals surface area contributed by atoms with E-state index in [9.17, 15) is 14.4 Å². The number of hydrogen-bond acceptors (Lipinski definition) is 9. The number of nitrogens with two attached hydrogens (primary N) is 1. The smallest absolute Gasteiger partial charge is 0.434 e. The van der Waals surface area contributed by atoms with Crippen LogP contribution < -0.4 is 21.1 Å². The average Bonchev–Trinajstić information content (AvgIpc) is 2.83. The maximum atomic E-state index is 12.1. The van der Waals surface area contributed by atoms with Crippen molar-refractivity contribution in [2.75, 3.05) is 24.2 Å². The summed E-state index contributed by atoms with van der Waals surface area (Å²) < 4.78 is 9.86. The van der Waals surface area contributed by atoms with Gasteiger partial charge in [0.1, 0.15) is 17.2 Å². The lowest BCUT2D eigenvalue weighted by molar-refractivity contribution is -0.115. The number of pyridine rings is 1. The van der Waals surface area contributed by atoms with Crippen LogP contribution >= 0.6 is 0 Å². The number of nitrogens with zero attached hydrogens (tertiary/aromatic N) is 3. The minimum atomic E-state index is -0.855. The Hall–Kier alpha value is -4.80. The van der Waals surface area contributed by atoms with Gasteiger partial charge in [-0.1, -0.05) is 30.3 Å². The van der Waals surface area contributed by atoms with Gasteiger partial charge in [0.15, 0.2) is 11.6 Å². The zero-order valence-electron chi connectivity index (χ0n) is 18.2. The van der Waals surface area contributed by atoms with Crippen molar-refractivity contribution in [1.29, 1.82) is 0 Å². The fraction of sp³-hybridized carbons (Fsp3) is 0.130. The number of ether oxygens (including phenoxy) is 2. The minimum absolute atomic E-state index is 0.0127. The van der Waals surface area contributed by atoms with Gasteiger partial charge in [-0.3, -0.25) is 9.59 Å². The van der Waals surface area contributed by atoms with Crippen molar-refractivity contribution in [2.24, 2.45) is 10.2 Å². The first-order valence-corrected chi connectivity index (χ1v) is 10.2. The van der Waals surface area contributed by atoms with E-state index in [0.29, 0.717) is 5.56 Å². The van der Waals surface area contributed by atoms with Gasteiger partial charge in [-0.2, -0.15) is 0 Å². The molecule has 0 spiro atoms. The van der Waals surface area contributed by atoms with E-state index < -0.39 is 12.1 Å². The molecule has 4 N–H and O–H groups in total. The fourth-order valence-electron chi connectivity index (χ4n) is 2.63. The number of nitrogens with one attached hydrogen (secondary N) is 2. The van der Waals surface area contributed by atoms with E-state index in [0.717, 1.165) is 0 Å². The van der Waals surface area contributed by atoms with Crippen LogP contribution in [0.2, 0.25) is 0 Å². The number of carbonyl (C=O) groups excluding carboxylic acids is 3. The molecule has 1 aromatic heterocycles. The van der Waals surface area contributed by atoms with Crippen LogP contribution in [-0.2, 0) is 9.53 Å². The van der Waals surface area contributed by atoms with E-state index >= 15 is 0 Å². The summed E-state index contributed by atoms with van der Waals surface area (Å²) in [6, 6.07) is 18.0. The summed E-state index contributed by atoms with van der Waals surface area (Å²) in [5.41, 5.74) is 6.89. The molecule has 0 bridgehead atoms. The Morgan fingerprint density at radius 1 is 0.941 bits per heavy atom. The summed E-state index contributed by atoms with van der Waals surface area (Å²) in [7, 11) is 0. The van der Waals surface area contributed by atoms with Gasteiger partial charge in [0.05, 0.1) is 13.2 Å². The monoisotopic (exact) mass is 462 g/mol. The number of nitrogen functional groups attached to an aromatic ring is 1. The Morgan fingerprint density at radius 2 is 1.65 bits per heavy atom. The molecule has 0 aliphatic heterocycles. The molecule has 174 valence electrons. The number of anilines is 2. The summed E-state index contributed by atoms with van der Waals surface area (Å²) >= 11 is 0. The van der Waals surface area contributed by atoms with Crippen molar-refractivity contribution in [3.8, 4) is 5.75 Å². The summed E-state index contributed by atoms with van der Waals surface area (Å²) in [6.45, 7) is 1.59.